The third-order valence-electron chi connectivity index (χ3n) is 7.25. The van der Waals surface area contributed by atoms with Crippen LogP contribution in [0.15, 0.2) is 82.6 Å². The average molecular weight is 551 g/mol. The first kappa shape index (κ1) is 27.5. The monoisotopic (exact) mass is 550 g/mol. The van der Waals surface area contributed by atoms with Crippen LogP contribution in [0.25, 0.3) is 32.7 Å². The van der Waals surface area contributed by atoms with Crippen LogP contribution in [0.2, 0.25) is 0 Å². The molecule has 200 valence electrons. The van der Waals surface area contributed by atoms with Crippen LogP contribution < -0.4 is 0 Å². The lowest BCUT2D eigenvalue weighted by Gasteiger charge is -2.37. The van der Waals surface area contributed by atoms with Gasteiger partial charge in [-0.3, -0.25) is 0 Å². The second-order valence-corrected chi connectivity index (χ2v) is 11.9. The molecule has 0 aliphatic carbocycles. The van der Waals surface area contributed by atoms with Crippen molar-refractivity contribution >= 4 is 45.1 Å². The smallest absolute Gasteiger partial charge is 0.114 e. The van der Waals surface area contributed by atoms with E-state index in [-0.39, 0.29) is 29.0 Å². The Morgan fingerprint density at radius 2 is 1.13 bits per heavy atom. The summed E-state index contributed by atoms with van der Waals surface area (Å²) in [4.78, 5) is 2.45. The lowest BCUT2D eigenvalue weighted by atomic mass is 9.94. The van der Waals surface area contributed by atoms with Gasteiger partial charge in [0.2, 0.25) is 0 Å². The van der Waals surface area contributed by atoms with Gasteiger partial charge in [0.1, 0.15) is 24.4 Å². The molecule has 5 nitrogen and oxygen atoms in total. The van der Waals surface area contributed by atoms with Gasteiger partial charge in [-0.25, -0.2) is 0 Å². The summed E-state index contributed by atoms with van der Waals surface area (Å²) in [6.07, 6.45) is -1.38. The minimum absolute atomic E-state index is 0.00928. The van der Waals surface area contributed by atoms with E-state index in [1.54, 1.807) is 35.5 Å². The molecule has 1 heterocycles. The third-order valence-corrected chi connectivity index (χ3v) is 10.0. The zero-order valence-electron chi connectivity index (χ0n) is 22.4. The van der Waals surface area contributed by atoms with Crippen LogP contribution in [-0.4, -0.2) is 71.2 Å². The fraction of sp³-hybridized carbons (Fsp3) is 0.355. The Bertz CT molecular complexity index is 1310. The van der Waals surface area contributed by atoms with E-state index in [0.717, 1.165) is 0 Å². The minimum Gasteiger partial charge on any atom is -0.382 e. The van der Waals surface area contributed by atoms with Crippen molar-refractivity contribution < 1.29 is 23.7 Å². The fourth-order valence-electron chi connectivity index (χ4n) is 5.44. The van der Waals surface area contributed by atoms with Gasteiger partial charge in [0.25, 0.3) is 0 Å². The normalized spacial score (nSPS) is 17.0. The second kappa shape index (κ2) is 12.4. The van der Waals surface area contributed by atoms with Crippen molar-refractivity contribution in [1.29, 1.82) is 0 Å². The highest BCUT2D eigenvalue weighted by atomic mass is 32.2. The van der Waals surface area contributed by atoms with Gasteiger partial charge in [-0.1, -0.05) is 60.7 Å². The zero-order valence-corrected chi connectivity index (χ0v) is 24.0. The number of benzene rings is 4. The lowest BCUT2D eigenvalue weighted by Crippen LogP contribution is -2.52. The molecule has 0 fully saturated rings. The summed E-state index contributed by atoms with van der Waals surface area (Å²) in [6.45, 7) is 0.389. The third kappa shape index (κ3) is 5.09. The molecule has 38 heavy (non-hydrogen) atoms. The second-order valence-electron chi connectivity index (χ2n) is 9.25. The number of methoxy groups -OCH3 is 5. The number of fused-ring (bicyclic) bond motifs is 7. The topological polar surface area (TPSA) is 46.2 Å². The molecule has 5 rings (SSSR count). The first-order valence-corrected chi connectivity index (χ1v) is 14.4. The number of hydrogen-bond acceptors (Lipinski definition) is 7. The summed E-state index contributed by atoms with van der Waals surface area (Å²) in [5.74, 6) is 0. The molecule has 0 radical (unpaired) electrons. The summed E-state index contributed by atoms with van der Waals surface area (Å²) >= 11 is 3.65. The van der Waals surface area contributed by atoms with E-state index in [1.165, 1.54) is 42.5 Å². The van der Waals surface area contributed by atoms with Gasteiger partial charge >= 0.3 is 0 Å². The molecule has 0 spiro atoms. The Hall–Kier alpha value is -2.10. The minimum atomic E-state index is -0.388. The maximum Gasteiger partial charge on any atom is 0.114 e. The molecule has 7 heteroatoms. The van der Waals surface area contributed by atoms with Crippen molar-refractivity contribution in [3.05, 3.63) is 72.8 Å². The highest BCUT2D eigenvalue weighted by Gasteiger charge is 2.42. The predicted molar refractivity (Wildman–Crippen MR) is 157 cm³/mol. The van der Waals surface area contributed by atoms with Crippen molar-refractivity contribution in [2.75, 3.05) is 42.2 Å². The summed E-state index contributed by atoms with van der Waals surface area (Å²) < 4.78 is 29.4. The fourth-order valence-corrected chi connectivity index (χ4v) is 8.51. The molecule has 0 saturated carbocycles. The van der Waals surface area contributed by atoms with Gasteiger partial charge in [-0.2, -0.15) is 0 Å². The largest absolute Gasteiger partial charge is 0.382 e. The van der Waals surface area contributed by atoms with Crippen molar-refractivity contribution in [3.8, 4) is 11.1 Å². The van der Waals surface area contributed by atoms with Gasteiger partial charge < -0.3 is 23.7 Å². The van der Waals surface area contributed by atoms with Crippen LogP contribution >= 0.6 is 23.5 Å². The molecule has 1 aliphatic rings. The number of thioether (sulfide) groups is 2. The molecule has 0 saturated heterocycles. The summed E-state index contributed by atoms with van der Waals surface area (Å²) in [5.41, 5.74) is 2.55. The average Bonchev–Trinajstić information content (AvgIpc) is 3.13. The Balaban J connectivity index is 1.67. The Morgan fingerprint density at radius 1 is 0.605 bits per heavy atom. The SMILES string of the molecule is COC[C@@H](OC)[C@@H](OC)[C@H](OC)[C@@H](OC)C1Sc2ccc3ccccc3c2-c2c(ccc3ccccc23)S1. The summed E-state index contributed by atoms with van der Waals surface area (Å²) in [6, 6.07) is 26.2. The van der Waals surface area contributed by atoms with Gasteiger partial charge in [0.05, 0.1) is 11.2 Å². The van der Waals surface area contributed by atoms with E-state index < -0.39 is 0 Å². The van der Waals surface area contributed by atoms with Crippen molar-refractivity contribution in [2.24, 2.45) is 0 Å². The van der Waals surface area contributed by atoms with Gasteiger partial charge in [0, 0.05) is 56.5 Å². The molecular formula is C31H34O5S2. The van der Waals surface area contributed by atoms with Crippen molar-refractivity contribution in [2.45, 2.75) is 38.8 Å². The summed E-state index contributed by atoms with van der Waals surface area (Å²) in [5, 5.41) is 4.97. The van der Waals surface area contributed by atoms with E-state index >= 15 is 0 Å². The number of ether oxygens (including phenoxy) is 5. The van der Waals surface area contributed by atoms with Crippen LogP contribution in [0.5, 0.6) is 0 Å². The van der Waals surface area contributed by atoms with Gasteiger partial charge in [-0.05, 0) is 33.7 Å². The highest BCUT2D eigenvalue weighted by Crippen LogP contribution is 2.53. The molecule has 0 amide bonds. The van der Waals surface area contributed by atoms with Crippen molar-refractivity contribution in [3.63, 3.8) is 0 Å². The van der Waals surface area contributed by atoms with E-state index in [4.69, 9.17) is 23.7 Å². The molecular weight excluding hydrogens is 516 g/mol. The summed E-state index contributed by atoms with van der Waals surface area (Å²) in [7, 11) is 8.46. The number of hydrogen-bond donors (Lipinski definition) is 0. The van der Waals surface area contributed by atoms with Gasteiger partial charge in [0.15, 0.2) is 0 Å². The standard InChI is InChI=1S/C31H34O5S2/c1-32-18-23(33-2)28(34-3)29(35-4)30(36-5)31-37-24-16-14-19-10-6-8-12-21(19)26(24)27-22-13-9-7-11-20(22)15-17-25(27)38-31/h6-17,23,28-31H,18H2,1-5H3/t23-,28-,29+,30-/m1/s1. The van der Waals surface area contributed by atoms with E-state index in [9.17, 15) is 0 Å². The van der Waals surface area contributed by atoms with Crippen LogP contribution in [0.4, 0.5) is 0 Å². The Labute approximate surface area is 233 Å². The zero-order chi connectivity index (χ0) is 26.6. The van der Waals surface area contributed by atoms with E-state index in [0.29, 0.717) is 6.61 Å². The number of rotatable bonds is 10. The lowest BCUT2D eigenvalue weighted by molar-refractivity contribution is -0.155. The molecule has 0 aromatic heterocycles. The molecule has 0 N–H and O–H groups in total. The first-order chi connectivity index (χ1) is 18.6. The molecule has 1 aliphatic heterocycles. The van der Waals surface area contributed by atoms with Crippen LogP contribution in [0.1, 0.15) is 0 Å². The van der Waals surface area contributed by atoms with E-state index in [2.05, 4.69) is 72.8 Å². The Kier molecular flexibility index (Phi) is 8.95. The van der Waals surface area contributed by atoms with Crippen LogP contribution in [0.3, 0.4) is 0 Å². The van der Waals surface area contributed by atoms with Crippen LogP contribution in [-0.2, 0) is 23.7 Å². The predicted octanol–water partition coefficient (Wildman–Crippen LogP) is 6.89. The van der Waals surface area contributed by atoms with Gasteiger partial charge in [-0.15, -0.1) is 23.5 Å². The molecule has 4 atom stereocenters. The first-order valence-electron chi connectivity index (χ1n) is 12.6. The molecule has 4 aromatic carbocycles. The molecule has 0 unspecified atom stereocenters. The van der Waals surface area contributed by atoms with Crippen molar-refractivity contribution in [1.82, 2.24) is 0 Å². The van der Waals surface area contributed by atoms with Crippen LogP contribution in [0, 0.1) is 0 Å². The highest BCUT2D eigenvalue weighted by molar-refractivity contribution is 8.17. The molecule has 4 aromatic rings. The maximum atomic E-state index is 6.22. The Morgan fingerprint density at radius 3 is 1.58 bits per heavy atom. The quantitative estimate of drug-likeness (QED) is 0.213. The maximum absolute atomic E-state index is 6.22. The van der Waals surface area contributed by atoms with E-state index in [1.807, 2.05) is 23.5 Å². The molecule has 0 bridgehead atoms.